The Balaban J connectivity index is 1.33. The molecular formula is C25H30FNO. The van der Waals surface area contributed by atoms with Crippen LogP contribution in [0.2, 0.25) is 0 Å². The minimum Gasteiger partial charge on any atom is -0.496 e. The summed E-state index contributed by atoms with van der Waals surface area (Å²) in [6.45, 7) is 2.40. The third kappa shape index (κ3) is 3.34. The van der Waals surface area contributed by atoms with Gasteiger partial charge in [-0.1, -0.05) is 24.6 Å². The van der Waals surface area contributed by atoms with E-state index < -0.39 is 0 Å². The van der Waals surface area contributed by atoms with E-state index in [9.17, 15) is 4.39 Å². The van der Waals surface area contributed by atoms with Gasteiger partial charge in [-0.25, -0.2) is 4.39 Å². The second-order valence-corrected chi connectivity index (χ2v) is 9.02. The molecule has 0 radical (unpaired) electrons. The summed E-state index contributed by atoms with van der Waals surface area (Å²) in [6.07, 6.45) is 8.23. The van der Waals surface area contributed by atoms with Gasteiger partial charge in [0.05, 0.1) is 7.11 Å². The summed E-state index contributed by atoms with van der Waals surface area (Å²) < 4.78 is 19.4. The van der Waals surface area contributed by atoms with Gasteiger partial charge in [-0.2, -0.15) is 0 Å². The second-order valence-electron chi connectivity index (χ2n) is 9.02. The van der Waals surface area contributed by atoms with Crippen LogP contribution in [0.1, 0.15) is 50.0 Å². The van der Waals surface area contributed by atoms with Gasteiger partial charge in [-0.15, -0.1) is 0 Å². The Kier molecular flexibility index (Phi) is 4.88. The van der Waals surface area contributed by atoms with Gasteiger partial charge in [0.25, 0.3) is 0 Å². The Labute approximate surface area is 167 Å². The first-order valence-corrected chi connectivity index (χ1v) is 10.9. The maximum absolute atomic E-state index is 13.7. The third-order valence-electron chi connectivity index (χ3n) is 7.53. The molecule has 3 fully saturated rings. The van der Waals surface area contributed by atoms with E-state index in [1.807, 2.05) is 12.1 Å². The molecule has 28 heavy (non-hydrogen) atoms. The molecule has 2 nitrogen and oxygen atoms in total. The van der Waals surface area contributed by atoms with Crippen LogP contribution >= 0.6 is 0 Å². The number of benzene rings is 2. The van der Waals surface area contributed by atoms with Gasteiger partial charge in [0, 0.05) is 6.04 Å². The Morgan fingerprint density at radius 2 is 1.75 bits per heavy atom. The maximum Gasteiger partial charge on any atom is 0.123 e. The van der Waals surface area contributed by atoms with Crippen LogP contribution < -0.4 is 4.74 Å². The number of rotatable bonds is 4. The number of fused-ring (bicyclic) bond motifs is 2. The van der Waals surface area contributed by atoms with E-state index in [0.29, 0.717) is 5.92 Å². The molecule has 0 spiro atoms. The van der Waals surface area contributed by atoms with E-state index in [1.165, 1.54) is 63.2 Å². The molecule has 1 saturated heterocycles. The highest BCUT2D eigenvalue weighted by Gasteiger charge is 2.43. The molecule has 5 rings (SSSR count). The van der Waals surface area contributed by atoms with Crippen LogP contribution in [0.3, 0.4) is 0 Å². The van der Waals surface area contributed by atoms with Crippen molar-refractivity contribution in [2.75, 3.05) is 20.2 Å². The van der Waals surface area contributed by atoms with Crippen molar-refractivity contribution in [2.24, 2.45) is 11.8 Å². The van der Waals surface area contributed by atoms with Crippen molar-refractivity contribution < 1.29 is 9.13 Å². The van der Waals surface area contributed by atoms with E-state index in [-0.39, 0.29) is 5.82 Å². The highest BCUT2D eigenvalue weighted by molar-refractivity contribution is 5.66. The fourth-order valence-electron chi connectivity index (χ4n) is 6.10. The molecule has 3 aliphatic rings. The van der Waals surface area contributed by atoms with Crippen LogP contribution in [0.4, 0.5) is 4.39 Å². The molecule has 3 atom stereocenters. The summed E-state index contributed by atoms with van der Waals surface area (Å²) in [4.78, 5) is 2.78. The van der Waals surface area contributed by atoms with Crippen LogP contribution in [-0.2, 0) is 0 Å². The first kappa shape index (κ1) is 18.2. The number of nitrogens with zero attached hydrogens (tertiary/aromatic N) is 1. The molecule has 148 valence electrons. The van der Waals surface area contributed by atoms with Gasteiger partial charge in [0.15, 0.2) is 0 Å². The van der Waals surface area contributed by atoms with E-state index in [0.717, 1.165) is 34.8 Å². The van der Waals surface area contributed by atoms with Crippen molar-refractivity contribution in [1.82, 2.24) is 4.90 Å². The molecule has 0 aromatic heterocycles. The van der Waals surface area contributed by atoms with Crippen molar-refractivity contribution in [1.29, 1.82) is 0 Å². The lowest BCUT2D eigenvalue weighted by Crippen LogP contribution is -2.43. The zero-order valence-electron chi connectivity index (χ0n) is 16.7. The van der Waals surface area contributed by atoms with Gasteiger partial charge in [-0.05, 0) is 104 Å². The number of methoxy groups -OCH3 is 1. The molecule has 1 aliphatic heterocycles. The standard InChI is InChI=1S/C25H30FNO/c1-28-25-8-7-20(19-3-2-4-22(26)15-19)16-23(25)18-9-11-27(12-10-18)24-14-17-5-6-21(24)13-17/h2-4,7-8,15-18,21,24H,5-6,9-14H2,1H3/t17-,21-,24-/m0/s1. The van der Waals surface area contributed by atoms with Gasteiger partial charge >= 0.3 is 0 Å². The zero-order chi connectivity index (χ0) is 19.1. The SMILES string of the molecule is COc1ccc(-c2cccc(F)c2)cc1C1CCN([C@H]2C[C@H]3CC[C@H]2C3)CC1. The van der Waals surface area contributed by atoms with Gasteiger partial charge in [0.1, 0.15) is 11.6 Å². The van der Waals surface area contributed by atoms with Crippen LogP contribution in [0, 0.1) is 17.7 Å². The largest absolute Gasteiger partial charge is 0.496 e. The summed E-state index contributed by atoms with van der Waals surface area (Å²) >= 11 is 0. The first-order chi connectivity index (χ1) is 13.7. The molecule has 2 aromatic carbocycles. The molecule has 0 unspecified atom stereocenters. The fourth-order valence-corrected chi connectivity index (χ4v) is 6.10. The number of hydrogen-bond acceptors (Lipinski definition) is 2. The normalized spacial score (nSPS) is 28.0. The highest BCUT2D eigenvalue weighted by Crippen LogP contribution is 2.48. The quantitative estimate of drug-likeness (QED) is 0.659. The third-order valence-corrected chi connectivity index (χ3v) is 7.53. The van der Waals surface area contributed by atoms with E-state index in [4.69, 9.17) is 4.74 Å². The molecule has 3 heteroatoms. The topological polar surface area (TPSA) is 12.5 Å². The van der Waals surface area contributed by atoms with Crippen molar-refractivity contribution in [3.05, 3.63) is 53.8 Å². The minimum absolute atomic E-state index is 0.186. The van der Waals surface area contributed by atoms with Crippen LogP contribution in [-0.4, -0.2) is 31.1 Å². The van der Waals surface area contributed by atoms with Crippen LogP contribution in [0.15, 0.2) is 42.5 Å². The second kappa shape index (κ2) is 7.51. The number of halogens is 1. The Morgan fingerprint density at radius 1 is 0.929 bits per heavy atom. The Hall–Kier alpha value is -1.87. The number of ether oxygens (including phenoxy) is 1. The summed E-state index contributed by atoms with van der Waals surface area (Å²) in [5, 5.41) is 0. The molecular weight excluding hydrogens is 349 g/mol. The smallest absolute Gasteiger partial charge is 0.123 e. The molecule has 2 aromatic rings. The molecule has 0 N–H and O–H groups in total. The predicted molar refractivity (Wildman–Crippen MR) is 111 cm³/mol. The van der Waals surface area contributed by atoms with E-state index in [1.54, 1.807) is 19.2 Å². The zero-order valence-corrected chi connectivity index (χ0v) is 16.7. The fraction of sp³-hybridized carbons (Fsp3) is 0.520. The lowest BCUT2D eigenvalue weighted by atomic mass is 9.85. The molecule has 2 bridgehead atoms. The molecule has 2 saturated carbocycles. The van der Waals surface area contributed by atoms with E-state index in [2.05, 4.69) is 17.0 Å². The summed E-state index contributed by atoms with van der Waals surface area (Å²) in [6, 6.07) is 14.0. The van der Waals surface area contributed by atoms with Gasteiger partial charge < -0.3 is 9.64 Å². The monoisotopic (exact) mass is 379 g/mol. The molecule has 2 aliphatic carbocycles. The van der Waals surface area contributed by atoms with Crippen molar-refractivity contribution >= 4 is 0 Å². The lowest BCUT2D eigenvalue weighted by molar-refractivity contribution is 0.110. The van der Waals surface area contributed by atoms with Crippen molar-refractivity contribution in [2.45, 2.75) is 50.5 Å². The highest BCUT2D eigenvalue weighted by atomic mass is 19.1. The summed E-state index contributed by atoms with van der Waals surface area (Å²) in [5.74, 6) is 3.29. The summed E-state index contributed by atoms with van der Waals surface area (Å²) in [7, 11) is 1.76. The molecule has 1 heterocycles. The number of piperidine rings is 1. The predicted octanol–water partition coefficient (Wildman–Crippen LogP) is 5.87. The van der Waals surface area contributed by atoms with Gasteiger partial charge in [-0.3, -0.25) is 0 Å². The lowest BCUT2D eigenvalue weighted by Gasteiger charge is -2.40. The number of likely N-dealkylation sites (tertiary alicyclic amines) is 1. The van der Waals surface area contributed by atoms with Crippen molar-refractivity contribution in [3.63, 3.8) is 0 Å². The average molecular weight is 380 g/mol. The number of hydrogen-bond donors (Lipinski definition) is 0. The Morgan fingerprint density at radius 3 is 2.43 bits per heavy atom. The van der Waals surface area contributed by atoms with E-state index >= 15 is 0 Å². The maximum atomic E-state index is 13.7. The minimum atomic E-state index is -0.186. The van der Waals surface area contributed by atoms with Crippen molar-refractivity contribution in [3.8, 4) is 16.9 Å². The Bertz CT molecular complexity index is 842. The first-order valence-electron chi connectivity index (χ1n) is 10.9. The molecule has 0 amide bonds. The van der Waals surface area contributed by atoms with Gasteiger partial charge in [0.2, 0.25) is 0 Å². The summed E-state index contributed by atoms with van der Waals surface area (Å²) in [5.41, 5.74) is 3.30. The average Bonchev–Trinajstić information content (AvgIpc) is 3.37. The van der Waals surface area contributed by atoms with Crippen LogP contribution in [0.25, 0.3) is 11.1 Å². The van der Waals surface area contributed by atoms with Crippen LogP contribution in [0.5, 0.6) is 5.75 Å².